The van der Waals surface area contributed by atoms with Crippen molar-refractivity contribution in [1.82, 2.24) is 0 Å². The Morgan fingerprint density at radius 3 is 1.20 bits per heavy atom. The highest BCUT2D eigenvalue weighted by Gasteiger charge is 2.11. The van der Waals surface area contributed by atoms with Gasteiger partial charge in [0, 0.05) is 12.8 Å². The maximum Gasteiger partial charge on any atom is 0.345 e. The van der Waals surface area contributed by atoms with E-state index in [1.165, 1.54) is 0 Å². The van der Waals surface area contributed by atoms with Crippen LogP contribution in [0.5, 0.6) is 0 Å². The predicted molar refractivity (Wildman–Crippen MR) is 109 cm³/mol. The van der Waals surface area contributed by atoms with Crippen molar-refractivity contribution in [1.29, 1.82) is 0 Å². The van der Waals surface area contributed by atoms with Crippen molar-refractivity contribution in [3.05, 3.63) is 71.8 Å². The van der Waals surface area contributed by atoms with E-state index in [2.05, 4.69) is 9.47 Å². The lowest BCUT2D eigenvalue weighted by Crippen LogP contribution is -2.11. The highest BCUT2D eigenvalue weighted by atomic mass is 17.0. The van der Waals surface area contributed by atoms with Gasteiger partial charge in [-0.1, -0.05) is 50.2 Å². The van der Waals surface area contributed by atoms with Crippen LogP contribution in [-0.4, -0.2) is 34.4 Å². The standard InChI is InChI=1S/2C11H12O3.H2O2/c2*1-2-6-10(12)14-11(13)9-7-4-3-5-8-9;1-2/h2*3-5,7-8H,2,6H2,1H3;1-2H. The summed E-state index contributed by atoms with van der Waals surface area (Å²) >= 11 is 0. The lowest BCUT2D eigenvalue weighted by atomic mass is 10.2. The van der Waals surface area contributed by atoms with Gasteiger partial charge in [0.05, 0.1) is 11.1 Å². The summed E-state index contributed by atoms with van der Waals surface area (Å²) < 4.78 is 9.20. The second-order valence-electron chi connectivity index (χ2n) is 5.76. The van der Waals surface area contributed by atoms with E-state index in [0.29, 0.717) is 24.0 Å². The fourth-order valence-electron chi connectivity index (χ4n) is 1.98. The molecule has 2 rings (SSSR count). The Bertz CT molecular complexity index is 705. The average molecular weight is 418 g/mol. The summed E-state index contributed by atoms with van der Waals surface area (Å²) in [4.78, 5) is 44.5. The van der Waals surface area contributed by atoms with Crippen molar-refractivity contribution in [2.24, 2.45) is 0 Å². The van der Waals surface area contributed by atoms with Crippen LogP contribution in [0.4, 0.5) is 0 Å². The van der Waals surface area contributed by atoms with E-state index in [1.54, 1.807) is 60.7 Å². The molecule has 30 heavy (non-hydrogen) atoms. The van der Waals surface area contributed by atoms with Crippen molar-refractivity contribution in [2.45, 2.75) is 39.5 Å². The number of carbonyl (C=O) groups excluding carboxylic acids is 4. The molecule has 0 spiro atoms. The molecule has 0 amide bonds. The van der Waals surface area contributed by atoms with E-state index in [0.717, 1.165) is 0 Å². The maximum atomic E-state index is 11.3. The van der Waals surface area contributed by atoms with Gasteiger partial charge in [0.25, 0.3) is 0 Å². The van der Waals surface area contributed by atoms with E-state index in [-0.39, 0.29) is 12.8 Å². The largest absolute Gasteiger partial charge is 0.389 e. The van der Waals surface area contributed by atoms with Gasteiger partial charge in [-0.15, -0.1) is 0 Å². The quantitative estimate of drug-likeness (QED) is 0.307. The first-order valence-corrected chi connectivity index (χ1v) is 9.28. The molecule has 0 saturated heterocycles. The fraction of sp³-hybridized carbons (Fsp3) is 0.273. The number of hydrogen-bond acceptors (Lipinski definition) is 8. The zero-order valence-electron chi connectivity index (χ0n) is 16.9. The summed E-state index contributed by atoms with van der Waals surface area (Å²) in [5.74, 6) is -2.10. The first-order valence-electron chi connectivity index (χ1n) is 9.28. The third-order valence-corrected chi connectivity index (χ3v) is 3.34. The third-order valence-electron chi connectivity index (χ3n) is 3.34. The fourth-order valence-corrected chi connectivity index (χ4v) is 1.98. The Balaban J connectivity index is 0.000000518. The summed E-state index contributed by atoms with van der Waals surface area (Å²) in [5.41, 5.74) is 0.800. The van der Waals surface area contributed by atoms with Crippen LogP contribution in [0.3, 0.4) is 0 Å². The van der Waals surface area contributed by atoms with Gasteiger partial charge in [0.2, 0.25) is 0 Å². The molecule has 0 radical (unpaired) electrons. The van der Waals surface area contributed by atoms with Gasteiger partial charge < -0.3 is 9.47 Å². The molecule has 2 aromatic carbocycles. The minimum Gasteiger partial charge on any atom is -0.389 e. The summed E-state index contributed by atoms with van der Waals surface area (Å²) in [6.45, 7) is 3.71. The van der Waals surface area contributed by atoms with Gasteiger partial charge in [0.1, 0.15) is 0 Å². The van der Waals surface area contributed by atoms with Crippen LogP contribution < -0.4 is 0 Å². The lowest BCUT2D eigenvalue weighted by molar-refractivity contribution is -0.176. The van der Waals surface area contributed by atoms with Crippen LogP contribution in [0.1, 0.15) is 60.2 Å². The van der Waals surface area contributed by atoms with Gasteiger partial charge in [-0.25, -0.2) is 9.59 Å². The topological polar surface area (TPSA) is 127 Å². The molecule has 2 N–H and O–H groups in total. The minimum atomic E-state index is -0.580. The van der Waals surface area contributed by atoms with Crippen molar-refractivity contribution in [3.63, 3.8) is 0 Å². The van der Waals surface area contributed by atoms with Crippen LogP contribution in [0.2, 0.25) is 0 Å². The molecule has 0 aliphatic rings. The summed E-state index contributed by atoms with van der Waals surface area (Å²) in [6.07, 6.45) is 1.92. The second-order valence-corrected chi connectivity index (χ2v) is 5.76. The van der Waals surface area contributed by atoms with Gasteiger partial charge in [-0.2, -0.15) is 0 Å². The first-order chi connectivity index (χ1) is 14.5. The second kappa shape index (κ2) is 16.6. The van der Waals surface area contributed by atoms with Gasteiger partial charge in [-0.05, 0) is 37.1 Å². The van der Waals surface area contributed by atoms with Crippen LogP contribution in [0, 0.1) is 0 Å². The molecular weight excluding hydrogens is 392 g/mol. The van der Waals surface area contributed by atoms with E-state index < -0.39 is 23.9 Å². The molecule has 0 fully saturated rings. The molecule has 0 aliphatic heterocycles. The summed E-state index contributed by atoms with van der Waals surface area (Å²) in [6, 6.07) is 16.9. The molecule has 8 heteroatoms. The molecule has 0 unspecified atom stereocenters. The van der Waals surface area contributed by atoms with Gasteiger partial charge in [-0.3, -0.25) is 20.1 Å². The molecule has 2 aromatic rings. The zero-order chi connectivity index (χ0) is 22.8. The summed E-state index contributed by atoms with van der Waals surface area (Å²) in [7, 11) is 0. The molecular formula is C22H26O8. The van der Waals surface area contributed by atoms with Gasteiger partial charge >= 0.3 is 23.9 Å². The monoisotopic (exact) mass is 418 g/mol. The van der Waals surface area contributed by atoms with E-state index >= 15 is 0 Å². The molecule has 0 aliphatic carbocycles. The molecule has 0 atom stereocenters. The highest BCUT2D eigenvalue weighted by molar-refractivity contribution is 5.97. The normalized spacial score (nSPS) is 9.07. The molecule has 0 heterocycles. The highest BCUT2D eigenvalue weighted by Crippen LogP contribution is 2.03. The van der Waals surface area contributed by atoms with Gasteiger partial charge in [0.15, 0.2) is 0 Å². The van der Waals surface area contributed by atoms with Crippen LogP contribution in [0.25, 0.3) is 0 Å². The molecule has 0 aromatic heterocycles. The Morgan fingerprint density at radius 2 is 0.933 bits per heavy atom. The molecule has 8 nitrogen and oxygen atoms in total. The smallest absolute Gasteiger partial charge is 0.345 e. The lowest BCUT2D eigenvalue weighted by Gasteiger charge is -2.00. The Kier molecular flexibility index (Phi) is 14.7. The van der Waals surface area contributed by atoms with Crippen LogP contribution >= 0.6 is 0 Å². The first kappa shape index (κ1) is 26.6. The Morgan fingerprint density at radius 1 is 0.633 bits per heavy atom. The number of esters is 4. The average Bonchev–Trinajstić information content (AvgIpc) is 2.77. The van der Waals surface area contributed by atoms with E-state index in [9.17, 15) is 19.2 Å². The van der Waals surface area contributed by atoms with Crippen molar-refractivity contribution in [3.8, 4) is 0 Å². The molecule has 0 bridgehead atoms. The number of rotatable bonds is 6. The number of ether oxygens (including phenoxy) is 2. The number of hydrogen-bond donors (Lipinski definition) is 2. The van der Waals surface area contributed by atoms with E-state index in [1.807, 2.05) is 13.8 Å². The van der Waals surface area contributed by atoms with E-state index in [4.69, 9.17) is 10.5 Å². The number of carbonyl (C=O) groups is 4. The minimum absolute atomic E-state index is 0.276. The van der Waals surface area contributed by atoms with Crippen LogP contribution in [0.15, 0.2) is 60.7 Å². The third kappa shape index (κ3) is 11.5. The van der Waals surface area contributed by atoms with Crippen molar-refractivity contribution in [2.75, 3.05) is 0 Å². The Hall–Kier alpha value is -3.36. The van der Waals surface area contributed by atoms with Crippen LogP contribution in [-0.2, 0) is 19.1 Å². The molecule has 162 valence electrons. The number of benzene rings is 2. The Labute approximate surface area is 175 Å². The van der Waals surface area contributed by atoms with Crippen molar-refractivity contribution >= 4 is 23.9 Å². The predicted octanol–water partition coefficient (Wildman–Crippen LogP) is 4.36. The SMILES string of the molecule is CCCC(=O)OC(=O)c1ccccc1.CCCC(=O)OC(=O)c1ccccc1.OO. The molecule has 0 saturated carbocycles. The maximum absolute atomic E-state index is 11.3. The zero-order valence-corrected chi connectivity index (χ0v) is 16.9. The summed E-state index contributed by atoms with van der Waals surface area (Å²) in [5, 5.41) is 12.0. The van der Waals surface area contributed by atoms with Crippen molar-refractivity contribution < 1.29 is 39.2 Å².